The molecule has 6 heteroatoms. The van der Waals surface area contributed by atoms with Crippen molar-refractivity contribution in [3.8, 4) is 0 Å². The van der Waals surface area contributed by atoms with Crippen molar-refractivity contribution in [1.82, 2.24) is 0 Å². The maximum Gasteiger partial charge on any atom is 0.338 e. The fourth-order valence-electron chi connectivity index (χ4n) is 2.02. The van der Waals surface area contributed by atoms with E-state index in [-0.39, 0.29) is 18.1 Å². The Balaban J connectivity index is 2.13. The number of benzene rings is 2. The summed E-state index contributed by atoms with van der Waals surface area (Å²) in [6.45, 7) is 3.79. The molecule has 0 aliphatic heterocycles. The first-order valence-electron chi connectivity index (χ1n) is 7.65. The molecule has 128 valence electrons. The number of esters is 1. The quantitative estimate of drug-likeness (QED) is 0.566. The summed E-state index contributed by atoms with van der Waals surface area (Å²) in [4.78, 5) is 12.0. The smallest absolute Gasteiger partial charge is 0.338 e. The van der Waals surface area contributed by atoms with Crippen LogP contribution in [0.1, 0.15) is 34.8 Å². The van der Waals surface area contributed by atoms with Crippen molar-refractivity contribution in [2.45, 2.75) is 31.8 Å². The van der Waals surface area contributed by atoms with E-state index >= 15 is 0 Å². The van der Waals surface area contributed by atoms with Crippen LogP contribution in [-0.2, 0) is 25.6 Å². The zero-order valence-corrected chi connectivity index (χ0v) is 14.5. The number of aryl methyl sites for hydroxylation is 1. The first kappa shape index (κ1) is 18.2. The van der Waals surface area contributed by atoms with Gasteiger partial charge in [-0.1, -0.05) is 31.2 Å². The third-order valence-corrected chi connectivity index (χ3v) is 4.73. The summed E-state index contributed by atoms with van der Waals surface area (Å²) >= 11 is 0. The third-order valence-electron chi connectivity index (χ3n) is 3.42. The number of hydrogen-bond donors (Lipinski definition) is 0. The Labute approximate surface area is 142 Å². The fraction of sp³-hybridized carbons (Fsp3) is 0.278. The minimum absolute atomic E-state index is 0.00328. The van der Waals surface area contributed by atoms with Gasteiger partial charge in [-0.25, -0.2) is 4.79 Å². The van der Waals surface area contributed by atoms with Crippen molar-refractivity contribution >= 4 is 16.1 Å². The Morgan fingerprint density at radius 3 is 2.46 bits per heavy atom. The van der Waals surface area contributed by atoms with Gasteiger partial charge in [-0.2, -0.15) is 8.42 Å². The highest BCUT2D eigenvalue weighted by Gasteiger charge is 2.17. The lowest BCUT2D eigenvalue weighted by Crippen LogP contribution is -2.09. The van der Waals surface area contributed by atoms with Gasteiger partial charge in [-0.15, -0.1) is 0 Å². The molecule has 2 aromatic carbocycles. The monoisotopic (exact) mass is 348 g/mol. The van der Waals surface area contributed by atoms with Gasteiger partial charge in [0.05, 0.1) is 17.1 Å². The molecule has 0 atom stereocenters. The van der Waals surface area contributed by atoms with E-state index in [2.05, 4.69) is 0 Å². The molecular formula is C18H20O5S. The van der Waals surface area contributed by atoms with Crippen LogP contribution in [-0.4, -0.2) is 21.0 Å². The van der Waals surface area contributed by atoms with Crippen molar-refractivity contribution in [3.05, 3.63) is 65.2 Å². The summed E-state index contributed by atoms with van der Waals surface area (Å²) in [5.74, 6) is -0.453. The summed E-state index contributed by atoms with van der Waals surface area (Å²) in [6.07, 6.45) is 0.604. The van der Waals surface area contributed by atoms with Crippen LogP contribution in [0, 0.1) is 6.92 Å². The largest absolute Gasteiger partial charge is 0.457 e. The molecule has 0 aliphatic carbocycles. The van der Waals surface area contributed by atoms with Gasteiger partial charge in [0, 0.05) is 0 Å². The van der Waals surface area contributed by atoms with Crippen LogP contribution in [0.4, 0.5) is 0 Å². The van der Waals surface area contributed by atoms with E-state index in [4.69, 9.17) is 8.92 Å². The molecule has 24 heavy (non-hydrogen) atoms. The molecule has 0 heterocycles. The molecule has 0 aliphatic rings. The topological polar surface area (TPSA) is 69.7 Å². The normalized spacial score (nSPS) is 11.2. The second kappa shape index (κ2) is 8.08. The molecule has 0 fully saturated rings. The van der Waals surface area contributed by atoms with E-state index in [9.17, 15) is 13.2 Å². The van der Waals surface area contributed by atoms with Gasteiger partial charge >= 0.3 is 5.97 Å². The maximum absolute atomic E-state index is 12.1. The highest BCUT2D eigenvalue weighted by Crippen LogP contribution is 2.19. The van der Waals surface area contributed by atoms with Crippen molar-refractivity contribution < 1.29 is 22.1 Å². The number of carbonyl (C=O) groups excluding carboxylic acids is 1. The van der Waals surface area contributed by atoms with Crippen LogP contribution in [0.3, 0.4) is 0 Å². The molecule has 5 nitrogen and oxygen atoms in total. The minimum Gasteiger partial charge on any atom is -0.457 e. The zero-order valence-electron chi connectivity index (χ0n) is 13.7. The summed E-state index contributed by atoms with van der Waals surface area (Å²) in [7, 11) is -3.79. The number of carbonyl (C=O) groups is 1. The Bertz CT molecular complexity index is 797. The SMILES string of the molecule is CCCOS(=O)(=O)c1ccc(C)c(COC(=O)c2ccccc2)c1. The Kier molecular flexibility index (Phi) is 6.11. The van der Waals surface area contributed by atoms with E-state index < -0.39 is 16.1 Å². The number of ether oxygens (including phenoxy) is 1. The lowest BCUT2D eigenvalue weighted by Gasteiger charge is -2.10. The summed E-state index contributed by atoms with van der Waals surface area (Å²) in [5, 5.41) is 0. The molecule has 0 bridgehead atoms. The van der Waals surface area contributed by atoms with E-state index in [1.807, 2.05) is 19.9 Å². The van der Waals surface area contributed by atoms with Crippen LogP contribution < -0.4 is 0 Å². The van der Waals surface area contributed by atoms with Crippen LogP contribution in [0.15, 0.2) is 53.4 Å². The first-order chi connectivity index (χ1) is 11.4. The summed E-state index contributed by atoms with van der Waals surface area (Å²) < 4.78 is 34.4. The first-order valence-corrected chi connectivity index (χ1v) is 9.06. The minimum atomic E-state index is -3.79. The van der Waals surface area contributed by atoms with Crippen molar-refractivity contribution in [2.75, 3.05) is 6.61 Å². The maximum atomic E-state index is 12.1. The Morgan fingerprint density at radius 1 is 1.08 bits per heavy atom. The van der Waals surface area contributed by atoms with E-state index in [1.165, 1.54) is 12.1 Å². The van der Waals surface area contributed by atoms with Crippen molar-refractivity contribution in [2.24, 2.45) is 0 Å². The number of rotatable bonds is 7. The average molecular weight is 348 g/mol. The van der Waals surface area contributed by atoms with Gasteiger partial charge < -0.3 is 4.74 Å². The van der Waals surface area contributed by atoms with Gasteiger partial charge in [-0.05, 0) is 48.7 Å². The third kappa shape index (κ3) is 4.66. The highest BCUT2D eigenvalue weighted by molar-refractivity contribution is 7.86. The molecule has 0 N–H and O–H groups in total. The molecular weight excluding hydrogens is 328 g/mol. The van der Waals surface area contributed by atoms with Crippen molar-refractivity contribution in [1.29, 1.82) is 0 Å². The van der Waals surface area contributed by atoms with Gasteiger partial charge in [0.25, 0.3) is 10.1 Å². The molecule has 0 saturated heterocycles. The molecule has 2 rings (SSSR count). The number of hydrogen-bond acceptors (Lipinski definition) is 5. The predicted molar refractivity (Wildman–Crippen MR) is 90.2 cm³/mol. The summed E-state index contributed by atoms with van der Waals surface area (Å²) in [6, 6.07) is 13.3. The second-order valence-corrected chi connectivity index (χ2v) is 6.92. The molecule has 0 radical (unpaired) electrons. The van der Waals surface area contributed by atoms with Gasteiger partial charge in [0.15, 0.2) is 0 Å². The molecule has 0 aromatic heterocycles. The molecule has 0 amide bonds. The standard InChI is InChI=1S/C18H20O5S/c1-3-11-23-24(20,21)17-10-9-14(2)16(12-17)13-22-18(19)15-7-5-4-6-8-15/h4-10,12H,3,11,13H2,1-2H3. The van der Waals surface area contributed by atoms with E-state index in [0.717, 1.165) is 5.56 Å². The molecule has 0 spiro atoms. The van der Waals surface area contributed by atoms with Gasteiger partial charge in [0.2, 0.25) is 0 Å². The second-order valence-electron chi connectivity index (χ2n) is 5.31. The Hall–Kier alpha value is -2.18. The van der Waals surface area contributed by atoms with Crippen LogP contribution in [0.5, 0.6) is 0 Å². The van der Waals surface area contributed by atoms with E-state index in [1.54, 1.807) is 30.3 Å². The van der Waals surface area contributed by atoms with E-state index in [0.29, 0.717) is 17.5 Å². The lowest BCUT2D eigenvalue weighted by atomic mass is 10.1. The van der Waals surface area contributed by atoms with Crippen LogP contribution in [0.25, 0.3) is 0 Å². The van der Waals surface area contributed by atoms with Crippen LogP contribution >= 0.6 is 0 Å². The van der Waals surface area contributed by atoms with Crippen LogP contribution in [0.2, 0.25) is 0 Å². The van der Waals surface area contributed by atoms with Crippen molar-refractivity contribution in [3.63, 3.8) is 0 Å². The fourth-order valence-corrected chi connectivity index (χ4v) is 3.06. The Morgan fingerprint density at radius 2 is 1.79 bits per heavy atom. The molecule has 2 aromatic rings. The lowest BCUT2D eigenvalue weighted by molar-refractivity contribution is 0.0472. The molecule has 0 unspecified atom stereocenters. The molecule has 0 saturated carbocycles. The zero-order chi connectivity index (χ0) is 17.6. The van der Waals surface area contributed by atoms with Gasteiger partial charge in [-0.3, -0.25) is 4.18 Å². The van der Waals surface area contributed by atoms with Gasteiger partial charge in [0.1, 0.15) is 6.61 Å². The highest BCUT2D eigenvalue weighted by atomic mass is 32.2. The summed E-state index contributed by atoms with van der Waals surface area (Å²) in [5.41, 5.74) is 1.91. The predicted octanol–water partition coefficient (Wildman–Crippen LogP) is 3.47. The average Bonchev–Trinajstić information content (AvgIpc) is 2.59.